The first-order valence-electron chi connectivity index (χ1n) is 5.65. The maximum absolute atomic E-state index is 4.44. The third-order valence-corrected chi connectivity index (χ3v) is 4.58. The summed E-state index contributed by atoms with van der Waals surface area (Å²) >= 11 is 5.38. The molecular weight excluding hydrogens is 298 g/mol. The Morgan fingerprint density at radius 3 is 2.88 bits per heavy atom. The first-order valence-corrected chi connectivity index (χ1v) is 7.32. The first-order chi connectivity index (χ1) is 8.20. The number of thiophene rings is 1. The number of aromatic nitrogens is 2. The van der Waals surface area contributed by atoms with Crippen LogP contribution in [0.5, 0.6) is 0 Å². The first kappa shape index (κ1) is 12.8. The van der Waals surface area contributed by atoms with Gasteiger partial charge < -0.3 is 5.32 Å². The smallest absolute Gasteiger partial charge is 0.0643 e. The van der Waals surface area contributed by atoms with Gasteiger partial charge in [0, 0.05) is 35.1 Å². The van der Waals surface area contributed by atoms with Crippen molar-refractivity contribution in [3.63, 3.8) is 0 Å². The highest BCUT2D eigenvalue weighted by Gasteiger charge is 2.16. The summed E-state index contributed by atoms with van der Waals surface area (Å²) in [4.78, 5) is 1.34. The molecule has 0 spiro atoms. The van der Waals surface area contributed by atoms with Gasteiger partial charge in [-0.05, 0) is 40.0 Å². The maximum atomic E-state index is 4.44. The number of rotatable bonds is 5. The zero-order valence-corrected chi connectivity index (χ0v) is 12.4. The van der Waals surface area contributed by atoms with Gasteiger partial charge in [-0.15, -0.1) is 11.3 Å². The van der Waals surface area contributed by atoms with E-state index in [0.29, 0.717) is 6.04 Å². The van der Waals surface area contributed by atoms with Crippen LogP contribution in [0.15, 0.2) is 28.2 Å². The van der Waals surface area contributed by atoms with Crippen molar-refractivity contribution < 1.29 is 0 Å². The predicted molar refractivity (Wildman–Crippen MR) is 75.3 cm³/mol. The van der Waals surface area contributed by atoms with Crippen LogP contribution in [0.3, 0.4) is 0 Å². The lowest BCUT2D eigenvalue weighted by atomic mass is 10.1. The van der Waals surface area contributed by atoms with Gasteiger partial charge in [0.2, 0.25) is 0 Å². The molecule has 0 saturated heterocycles. The number of nitrogens with one attached hydrogen (secondary N) is 1. The fourth-order valence-corrected chi connectivity index (χ4v) is 3.57. The molecule has 1 unspecified atom stereocenters. The van der Waals surface area contributed by atoms with Crippen molar-refractivity contribution in [3.05, 3.63) is 38.8 Å². The molecule has 0 fully saturated rings. The van der Waals surface area contributed by atoms with E-state index in [-0.39, 0.29) is 0 Å². The second kappa shape index (κ2) is 5.80. The van der Waals surface area contributed by atoms with Gasteiger partial charge in [0.25, 0.3) is 0 Å². The van der Waals surface area contributed by atoms with Crippen molar-refractivity contribution in [2.24, 2.45) is 7.05 Å². The number of likely N-dealkylation sites (N-methyl/N-ethyl adjacent to an activating group) is 1. The molecule has 2 aromatic rings. The average molecular weight is 314 g/mol. The zero-order valence-electron chi connectivity index (χ0n) is 9.98. The van der Waals surface area contributed by atoms with E-state index in [2.05, 4.69) is 50.8 Å². The van der Waals surface area contributed by atoms with Gasteiger partial charge in [0.05, 0.1) is 5.69 Å². The SMILES string of the molecule is CCNC(Cc1ccn(C)n1)c1sccc1Br. The molecular formula is C12H16BrN3S. The standard InChI is InChI=1S/C12H16BrN3S/c1-3-14-11(12-10(13)5-7-17-12)8-9-4-6-16(2)15-9/h4-7,11,14H,3,8H2,1-2H3. The van der Waals surface area contributed by atoms with Crippen LogP contribution in [-0.2, 0) is 13.5 Å². The molecule has 2 aromatic heterocycles. The molecule has 0 radical (unpaired) electrons. The number of halogens is 1. The van der Waals surface area contributed by atoms with Gasteiger partial charge in [-0.3, -0.25) is 4.68 Å². The molecule has 1 N–H and O–H groups in total. The van der Waals surface area contributed by atoms with Gasteiger partial charge in [0.1, 0.15) is 0 Å². The van der Waals surface area contributed by atoms with Crippen molar-refractivity contribution in [3.8, 4) is 0 Å². The summed E-state index contributed by atoms with van der Waals surface area (Å²) in [5.41, 5.74) is 1.12. The maximum Gasteiger partial charge on any atom is 0.0643 e. The van der Waals surface area contributed by atoms with Crippen LogP contribution in [0.4, 0.5) is 0 Å². The van der Waals surface area contributed by atoms with E-state index in [9.17, 15) is 0 Å². The molecule has 0 aliphatic rings. The lowest BCUT2D eigenvalue weighted by Crippen LogP contribution is -2.22. The summed E-state index contributed by atoms with van der Waals surface area (Å²) in [5.74, 6) is 0. The fourth-order valence-electron chi connectivity index (χ4n) is 1.84. The molecule has 0 bridgehead atoms. The minimum Gasteiger partial charge on any atom is -0.309 e. The highest BCUT2D eigenvalue weighted by molar-refractivity contribution is 9.10. The van der Waals surface area contributed by atoms with Gasteiger partial charge in [-0.25, -0.2) is 0 Å². The van der Waals surface area contributed by atoms with Crippen molar-refractivity contribution in [2.45, 2.75) is 19.4 Å². The molecule has 0 amide bonds. The molecule has 2 rings (SSSR count). The number of nitrogens with zero attached hydrogens (tertiary/aromatic N) is 2. The average Bonchev–Trinajstić information content (AvgIpc) is 2.87. The molecule has 92 valence electrons. The number of hydrogen-bond acceptors (Lipinski definition) is 3. The highest BCUT2D eigenvalue weighted by Crippen LogP contribution is 2.30. The molecule has 2 heterocycles. The van der Waals surface area contributed by atoms with E-state index in [0.717, 1.165) is 18.7 Å². The Labute approximate surface area is 114 Å². The van der Waals surface area contributed by atoms with Gasteiger partial charge in [-0.1, -0.05) is 6.92 Å². The molecule has 3 nitrogen and oxygen atoms in total. The lowest BCUT2D eigenvalue weighted by Gasteiger charge is -2.15. The summed E-state index contributed by atoms with van der Waals surface area (Å²) in [7, 11) is 1.95. The fraction of sp³-hybridized carbons (Fsp3) is 0.417. The molecule has 1 atom stereocenters. The molecule has 0 aliphatic carbocycles. The Hall–Kier alpha value is -0.650. The summed E-state index contributed by atoms with van der Waals surface area (Å²) in [6.45, 7) is 3.09. The predicted octanol–water partition coefficient (Wildman–Crippen LogP) is 3.14. The topological polar surface area (TPSA) is 29.9 Å². The molecule has 0 aromatic carbocycles. The van der Waals surface area contributed by atoms with Crippen molar-refractivity contribution in [1.82, 2.24) is 15.1 Å². The third kappa shape index (κ3) is 3.18. The van der Waals surface area contributed by atoms with Crippen molar-refractivity contribution in [1.29, 1.82) is 0 Å². The van der Waals surface area contributed by atoms with E-state index in [1.807, 2.05) is 17.9 Å². The van der Waals surface area contributed by atoms with E-state index in [1.54, 1.807) is 11.3 Å². The molecule has 5 heteroatoms. The highest BCUT2D eigenvalue weighted by atomic mass is 79.9. The minimum absolute atomic E-state index is 0.337. The summed E-state index contributed by atoms with van der Waals surface area (Å²) in [6, 6.07) is 4.51. The Morgan fingerprint density at radius 1 is 1.53 bits per heavy atom. The van der Waals surface area contributed by atoms with Gasteiger partial charge >= 0.3 is 0 Å². The Morgan fingerprint density at radius 2 is 2.35 bits per heavy atom. The molecule has 0 aliphatic heterocycles. The monoisotopic (exact) mass is 313 g/mol. The van der Waals surface area contributed by atoms with E-state index in [4.69, 9.17) is 0 Å². The van der Waals surface area contributed by atoms with E-state index < -0.39 is 0 Å². The van der Waals surface area contributed by atoms with Crippen LogP contribution in [0, 0.1) is 0 Å². The van der Waals surface area contributed by atoms with Crippen LogP contribution < -0.4 is 5.32 Å². The Kier molecular flexibility index (Phi) is 4.36. The van der Waals surface area contributed by atoms with Crippen molar-refractivity contribution >= 4 is 27.3 Å². The zero-order chi connectivity index (χ0) is 12.3. The largest absolute Gasteiger partial charge is 0.309 e. The summed E-state index contributed by atoms with van der Waals surface area (Å²) in [5, 5.41) is 10.1. The van der Waals surface area contributed by atoms with E-state index >= 15 is 0 Å². The number of aryl methyl sites for hydroxylation is 1. The lowest BCUT2D eigenvalue weighted by molar-refractivity contribution is 0.546. The van der Waals surface area contributed by atoms with Crippen LogP contribution in [-0.4, -0.2) is 16.3 Å². The quantitative estimate of drug-likeness (QED) is 0.919. The molecule has 17 heavy (non-hydrogen) atoms. The Balaban J connectivity index is 2.15. The van der Waals surface area contributed by atoms with Crippen LogP contribution in [0.25, 0.3) is 0 Å². The van der Waals surface area contributed by atoms with E-state index in [1.165, 1.54) is 9.35 Å². The normalized spacial score (nSPS) is 12.9. The van der Waals surface area contributed by atoms with Gasteiger partial charge in [-0.2, -0.15) is 5.10 Å². The summed E-state index contributed by atoms with van der Waals surface area (Å²) in [6.07, 6.45) is 2.91. The van der Waals surface area contributed by atoms with Crippen LogP contribution >= 0.6 is 27.3 Å². The summed E-state index contributed by atoms with van der Waals surface area (Å²) < 4.78 is 3.03. The Bertz CT molecular complexity index is 478. The second-order valence-corrected chi connectivity index (χ2v) is 5.73. The van der Waals surface area contributed by atoms with Crippen LogP contribution in [0.2, 0.25) is 0 Å². The molecule has 0 saturated carbocycles. The third-order valence-electron chi connectivity index (χ3n) is 2.59. The van der Waals surface area contributed by atoms with Gasteiger partial charge in [0.15, 0.2) is 0 Å². The van der Waals surface area contributed by atoms with Crippen molar-refractivity contribution in [2.75, 3.05) is 6.54 Å². The minimum atomic E-state index is 0.337. The second-order valence-electron chi connectivity index (χ2n) is 3.93. The van der Waals surface area contributed by atoms with Crippen LogP contribution in [0.1, 0.15) is 23.5 Å². The number of hydrogen-bond donors (Lipinski definition) is 1.